The van der Waals surface area contributed by atoms with Crippen molar-refractivity contribution in [1.29, 1.82) is 0 Å². The molecule has 0 aromatic heterocycles. The van der Waals surface area contributed by atoms with Gasteiger partial charge in [0.1, 0.15) is 5.82 Å². The number of hydrogen-bond donors (Lipinski definition) is 2. The second kappa shape index (κ2) is 9.84. The molecule has 0 saturated heterocycles. The summed E-state index contributed by atoms with van der Waals surface area (Å²) in [5.41, 5.74) is 5.10. The van der Waals surface area contributed by atoms with Gasteiger partial charge in [-0.2, -0.15) is 0 Å². The molecule has 162 valence electrons. The topological polar surface area (TPSA) is 74.6 Å². The summed E-state index contributed by atoms with van der Waals surface area (Å²) in [6, 6.07) is 14.5. The van der Waals surface area contributed by atoms with E-state index in [4.69, 9.17) is 5.11 Å². The number of hydrogen-bond acceptors (Lipinski definition) is 3. The minimum atomic E-state index is -1.21. The standard InChI is InChI=1S/C26H27FO4/c1-16(2)24-13-18-5-3-4-6-22(18)26(17-7-9-19(27)10-8-17)23(24)12-11-20(28)14-21(29)15-25(30)31/h3-12,16,21,24,29H,13-15H2,1-2H3,(H,30,31)/b12-11+/t21-,24?/m1/s1. The lowest BCUT2D eigenvalue weighted by Gasteiger charge is -2.32. The molecule has 2 N–H and O–H groups in total. The molecule has 2 aromatic rings. The van der Waals surface area contributed by atoms with E-state index in [1.165, 1.54) is 23.8 Å². The minimum Gasteiger partial charge on any atom is -0.481 e. The van der Waals surface area contributed by atoms with Gasteiger partial charge in [0.2, 0.25) is 0 Å². The number of ketones is 1. The highest BCUT2D eigenvalue weighted by Gasteiger charge is 2.28. The molecule has 5 heteroatoms. The number of aliphatic hydroxyl groups excluding tert-OH is 1. The first-order valence-corrected chi connectivity index (χ1v) is 10.5. The van der Waals surface area contributed by atoms with Gasteiger partial charge in [0, 0.05) is 6.42 Å². The average molecular weight is 422 g/mol. The number of aliphatic hydroxyl groups is 1. The molecular formula is C26H27FO4. The van der Waals surface area contributed by atoms with Crippen molar-refractivity contribution in [2.45, 2.75) is 39.2 Å². The van der Waals surface area contributed by atoms with E-state index in [1.807, 2.05) is 18.2 Å². The van der Waals surface area contributed by atoms with Crippen LogP contribution in [-0.2, 0) is 16.0 Å². The lowest BCUT2D eigenvalue weighted by atomic mass is 9.72. The van der Waals surface area contributed by atoms with Gasteiger partial charge in [-0.05, 0) is 64.3 Å². The zero-order chi connectivity index (χ0) is 22.5. The Morgan fingerprint density at radius 3 is 2.42 bits per heavy atom. The fraction of sp³-hybridized carbons (Fsp3) is 0.308. The summed E-state index contributed by atoms with van der Waals surface area (Å²) in [6.07, 6.45) is 2.11. The molecule has 2 aromatic carbocycles. The zero-order valence-corrected chi connectivity index (χ0v) is 17.7. The maximum Gasteiger partial charge on any atom is 0.305 e. The highest BCUT2D eigenvalue weighted by Crippen LogP contribution is 2.42. The van der Waals surface area contributed by atoms with Crippen LogP contribution in [0.1, 0.15) is 43.4 Å². The largest absolute Gasteiger partial charge is 0.481 e. The van der Waals surface area contributed by atoms with Gasteiger partial charge in [-0.3, -0.25) is 9.59 Å². The zero-order valence-electron chi connectivity index (χ0n) is 17.7. The number of aliphatic carboxylic acids is 1. The summed E-state index contributed by atoms with van der Waals surface area (Å²) in [5, 5.41) is 18.5. The van der Waals surface area contributed by atoms with Crippen LogP contribution in [0.2, 0.25) is 0 Å². The second-order valence-electron chi connectivity index (χ2n) is 8.30. The van der Waals surface area contributed by atoms with Crippen molar-refractivity contribution in [3.05, 3.63) is 88.8 Å². The number of allylic oxidation sites excluding steroid dienone is 3. The molecule has 31 heavy (non-hydrogen) atoms. The Hall–Kier alpha value is -3.05. The molecule has 0 fully saturated rings. The summed E-state index contributed by atoms with van der Waals surface area (Å²) in [5.74, 6) is -1.33. The molecule has 4 nitrogen and oxygen atoms in total. The van der Waals surface area contributed by atoms with E-state index in [2.05, 4.69) is 19.9 Å². The van der Waals surface area contributed by atoms with Crippen molar-refractivity contribution in [2.24, 2.45) is 11.8 Å². The van der Waals surface area contributed by atoms with Crippen LogP contribution in [0.25, 0.3) is 5.57 Å². The van der Waals surface area contributed by atoms with Crippen molar-refractivity contribution in [3.63, 3.8) is 0 Å². The highest BCUT2D eigenvalue weighted by molar-refractivity contribution is 5.93. The Morgan fingerprint density at radius 2 is 1.77 bits per heavy atom. The molecule has 0 saturated carbocycles. The lowest BCUT2D eigenvalue weighted by Crippen LogP contribution is -2.21. The van der Waals surface area contributed by atoms with Gasteiger partial charge in [0.05, 0.1) is 12.5 Å². The molecule has 0 amide bonds. The summed E-state index contributed by atoms with van der Waals surface area (Å²) in [6.45, 7) is 4.26. The van der Waals surface area contributed by atoms with Gasteiger partial charge < -0.3 is 10.2 Å². The summed E-state index contributed by atoms with van der Waals surface area (Å²) in [7, 11) is 0. The van der Waals surface area contributed by atoms with E-state index >= 15 is 0 Å². The quantitative estimate of drug-likeness (QED) is 0.599. The third kappa shape index (κ3) is 5.56. The van der Waals surface area contributed by atoms with Crippen LogP contribution in [-0.4, -0.2) is 28.1 Å². The fourth-order valence-corrected chi connectivity index (χ4v) is 4.13. The van der Waals surface area contributed by atoms with Crippen molar-refractivity contribution in [3.8, 4) is 0 Å². The van der Waals surface area contributed by atoms with E-state index in [1.54, 1.807) is 18.2 Å². The Bertz CT molecular complexity index is 1020. The fourth-order valence-electron chi connectivity index (χ4n) is 4.13. The monoisotopic (exact) mass is 422 g/mol. The number of rotatable bonds is 8. The number of halogens is 1. The van der Waals surface area contributed by atoms with Crippen LogP contribution >= 0.6 is 0 Å². The molecular weight excluding hydrogens is 395 g/mol. The number of benzene rings is 2. The molecule has 1 aliphatic rings. The van der Waals surface area contributed by atoms with Gasteiger partial charge >= 0.3 is 5.97 Å². The highest BCUT2D eigenvalue weighted by atomic mass is 19.1. The smallest absolute Gasteiger partial charge is 0.305 e. The number of carboxylic acid groups (broad SMARTS) is 1. The summed E-state index contributed by atoms with van der Waals surface area (Å²) >= 11 is 0. The number of carbonyl (C=O) groups is 2. The Morgan fingerprint density at radius 1 is 1.10 bits per heavy atom. The average Bonchev–Trinajstić information content (AvgIpc) is 2.71. The van der Waals surface area contributed by atoms with Crippen LogP contribution in [0.3, 0.4) is 0 Å². The van der Waals surface area contributed by atoms with Crippen LogP contribution in [0.4, 0.5) is 4.39 Å². The van der Waals surface area contributed by atoms with Gasteiger partial charge in [-0.15, -0.1) is 0 Å². The molecule has 3 rings (SSSR count). The maximum absolute atomic E-state index is 13.6. The molecule has 0 spiro atoms. The van der Waals surface area contributed by atoms with Gasteiger partial charge in [-0.1, -0.05) is 56.3 Å². The minimum absolute atomic E-state index is 0.156. The van der Waals surface area contributed by atoms with Gasteiger partial charge in [0.25, 0.3) is 0 Å². The van der Waals surface area contributed by atoms with Gasteiger partial charge in [0.15, 0.2) is 5.78 Å². The van der Waals surface area contributed by atoms with E-state index in [0.717, 1.165) is 28.7 Å². The second-order valence-corrected chi connectivity index (χ2v) is 8.30. The Labute approximate surface area is 181 Å². The Balaban J connectivity index is 2.06. The molecule has 0 radical (unpaired) electrons. The van der Waals surface area contributed by atoms with Crippen LogP contribution in [0.5, 0.6) is 0 Å². The molecule has 1 unspecified atom stereocenters. The number of carbonyl (C=O) groups excluding carboxylic acids is 1. The van der Waals surface area contributed by atoms with Crippen molar-refractivity contribution in [2.75, 3.05) is 0 Å². The van der Waals surface area contributed by atoms with E-state index in [9.17, 15) is 19.1 Å². The van der Waals surface area contributed by atoms with Crippen LogP contribution in [0, 0.1) is 17.7 Å². The molecule has 0 bridgehead atoms. The Kier molecular flexibility index (Phi) is 7.18. The predicted molar refractivity (Wildman–Crippen MR) is 118 cm³/mol. The van der Waals surface area contributed by atoms with E-state index in [-0.39, 0.29) is 23.9 Å². The first kappa shape index (κ1) is 22.6. The third-order valence-electron chi connectivity index (χ3n) is 5.65. The van der Waals surface area contributed by atoms with E-state index < -0.39 is 18.5 Å². The molecule has 1 aliphatic carbocycles. The van der Waals surface area contributed by atoms with E-state index in [0.29, 0.717) is 5.92 Å². The molecule has 0 heterocycles. The number of fused-ring (bicyclic) bond motifs is 1. The lowest BCUT2D eigenvalue weighted by molar-refractivity contribution is -0.139. The van der Waals surface area contributed by atoms with Crippen LogP contribution in [0.15, 0.2) is 66.3 Å². The first-order chi connectivity index (χ1) is 14.8. The third-order valence-corrected chi connectivity index (χ3v) is 5.65. The predicted octanol–water partition coefficient (Wildman–Crippen LogP) is 4.81. The molecule has 0 aliphatic heterocycles. The van der Waals surface area contributed by atoms with Crippen molar-refractivity contribution >= 4 is 17.3 Å². The van der Waals surface area contributed by atoms with Crippen LogP contribution < -0.4 is 0 Å². The molecule has 2 atom stereocenters. The number of carboxylic acids is 1. The van der Waals surface area contributed by atoms with Gasteiger partial charge in [-0.25, -0.2) is 4.39 Å². The SMILES string of the molecule is CC(C)C1Cc2ccccc2C(c2ccc(F)cc2)=C1/C=C/C(=O)C[C@@H](O)CC(=O)O. The van der Waals surface area contributed by atoms with Crippen molar-refractivity contribution in [1.82, 2.24) is 0 Å². The summed E-state index contributed by atoms with van der Waals surface area (Å²) < 4.78 is 13.6. The normalized spacial score (nSPS) is 17.1. The first-order valence-electron chi connectivity index (χ1n) is 10.5. The summed E-state index contributed by atoms with van der Waals surface area (Å²) in [4.78, 5) is 23.1. The maximum atomic E-state index is 13.6. The van der Waals surface area contributed by atoms with Crippen molar-refractivity contribution < 1.29 is 24.2 Å².